The van der Waals surface area contributed by atoms with Gasteiger partial charge in [0.1, 0.15) is 11.6 Å². The third kappa shape index (κ3) is 5.29. The highest BCUT2D eigenvalue weighted by Crippen LogP contribution is 2.51. The monoisotopic (exact) mass is 571 g/mol. The molecule has 204 valence electrons. The zero-order chi connectivity index (χ0) is 28.8. The van der Waals surface area contributed by atoms with Gasteiger partial charge in [0.2, 0.25) is 0 Å². The van der Waals surface area contributed by atoms with Gasteiger partial charge in [-0.2, -0.15) is 5.26 Å². The summed E-state index contributed by atoms with van der Waals surface area (Å²) < 4.78 is 13.4. The molecule has 0 spiro atoms. The van der Waals surface area contributed by atoms with Gasteiger partial charge in [-0.05, 0) is 84.8 Å². The highest BCUT2D eigenvalue weighted by Gasteiger charge is 2.45. The van der Waals surface area contributed by atoms with Gasteiger partial charge < -0.3 is 5.73 Å². The Labute approximate surface area is 244 Å². The minimum atomic E-state index is -0.562. The molecule has 1 aliphatic heterocycles. The summed E-state index contributed by atoms with van der Waals surface area (Å²) in [5.74, 6) is 0.198. The van der Waals surface area contributed by atoms with Crippen LogP contribution in [0.25, 0.3) is 0 Å². The van der Waals surface area contributed by atoms with Gasteiger partial charge in [-0.3, -0.25) is 9.69 Å². The van der Waals surface area contributed by atoms with Gasteiger partial charge in [0.15, 0.2) is 5.78 Å². The number of rotatable bonds is 5. The Morgan fingerprint density at radius 3 is 2.52 bits per heavy atom. The van der Waals surface area contributed by atoms with Crippen LogP contribution >= 0.6 is 23.4 Å². The molecule has 0 fully saturated rings. The zero-order valence-corrected chi connectivity index (χ0v) is 24.6. The van der Waals surface area contributed by atoms with Crippen LogP contribution in [-0.4, -0.2) is 5.78 Å². The topological polar surface area (TPSA) is 70.1 Å². The van der Waals surface area contributed by atoms with Gasteiger partial charge in [0.05, 0.1) is 17.6 Å². The first kappa shape index (κ1) is 28.0. The number of nitrogens with two attached hydrogens (primary N) is 1. The number of allylic oxidation sites excluding steroid dienone is 3. The fourth-order valence-corrected chi connectivity index (χ4v) is 6.97. The Morgan fingerprint density at radius 2 is 1.85 bits per heavy atom. The Bertz CT molecular complexity index is 1620. The molecular weight excluding hydrogens is 541 g/mol. The van der Waals surface area contributed by atoms with Crippen molar-refractivity contribution in [3.63, 3.8) is 0 Å². The van der Waals surface area contributed by atoms with Crippen LogP contribution < -0.4 is 10.6 Å². The summed E-state index contributed by atoms with van der Waals surface area (Å²) in [5.41, 5.74) is 13.2. The van der Waals surface area contributed by atoms with E-state index in [0.717, 1.165) is 38.5 Å². The number of ketones is 1. The van der Waals surface area contributed by atoms with Crippen LogP contribution in [0.1, 0.15) is 54.9 Å². The molecule has 0 bridgehead atoms. The van der Waals surface area contributed by atoms with E-state index in [9.17, 15) is 14.4 Å². The first-order valence-corrected chi connectivity index (χ1v) is 14.6. The number of thioether (sulfide) groups is 1. The van der Waals surface area contributed by atoms with Crippen molar-refractivity contribution in [2.75, 3.05) is 4.90 Å². The molecule has 1 atom stereocenters. The number of nitriles is 1. The molecule has 0 aromatic heterocycles. The Kier molecular flexibility index (Phi) is 7.56. The minimum Gasteiger partial charge on any atom is -0.384 e. The summed E-state index contributed by atoms with van der Waals surface area (Å²) in [6.45, 7) is 8.24. The van der Waals surface area contributed by atoms with Gasteiger partial charge >= 0.3 is 0 Å². The van der Waals surface area contributed by atoms with Gasteiger partial charge in [-0.25, -0.2) is 4.39 Å². The van der Waals surface area contributed by atoms with Crippen molar-refractivity contribution in [3.05, 3.63) is 116 Å². The number of nitrogens with zero attached hydrogens (tertiary/aromatic N) is 2. The molecule has 40 heavy (non-hydrogen) atoms. The van der Waals surface area contributed by atoms with Crippen LogP contribution in [0, 0.1) is 36.4 Å². The predicted octanol–water partition coefficient (Wildman–Crippen LogP) is 8.33. The molecule has 1 unspecified atom stereocenters. The molecule has 0 amide bonds. The standard InChI is InChI=1S/C33H31ClFN3OS/c1-19-12-21(18-40-25-10-8-23(35)9-11-25)20(2)26(13-19)30-27(17-36)32(37)38(24-7-5-6-22(34)14-24)28-15-33(3,4)16-29(39)31(28)30/h5-14,30H,15-16,18,37H2,1-4H3. The minimum absolute atomic E-state index is 0.0340. The molecule has 1 heterocycles. The van der Waals surface area contributed by atoms with Crippen molar-refractivity contribution in [1.29, 1.82) is 5.26 Å². The van der Waals surface area contributed by atoms with Crippen molar-refractivity contribution < 1.29 is 9.18 Å². The highest BCUT2D eigenvalue weighted by atomic mass is 35.5. The summed E-state index contributed by atoms with van der Waals surface area (Å²) in [4.78, 5) is 16.8. The average molecular weight is 572 g/mol. The van der Waals surface area contributed by atoms with E-state index in [0.29, 0.717) is 40.6 Å². The number of carbonyl (C=O) groups is 1. The zero-order valence-electron chi connectivity index (χ0n) is 23.0. The molecule has 3 aromatic carbocycles. The first-order valence-electron chi connectivity index (χ1n) is 13.2. The molecule has 0 saturated heterocycles. The normalized spacial score (nSPS) is 18.6. The third-order valence-corrected chi connectivity index (χ3v) is 8.96. The lowest BCUT2D eigenvalue weighted by molar-refractivity contribution is -0.118. The maximum Gasteiger partial charge on any atom is 0.162 e. The second-order valence-corrected chi connectivity index (χ2v) is 12.8. The lowest BCUT2D eigenvalue weighted by Crippen LogP contribution is -2.42. The molecule has 4 nitrogen and oxygen atoms in total. The number of halogens is 2. The van der Waals surface area contributed by atoms with E-state index in [1.54, 1.807) is 30.0 Å². The van der Waals surface area contributed by atoms with Crippen molar-refractivity contribution in [3.8, 4) is 6.07 Å². The molecule has 2 N–H and O–H groups in total. The maximum atomic E-state index is 13.9. The molecule has 5 rings (SSSR count). The van der Waals surface area contributed by atoms with E-state index in [1.807, 2.05) is 36.9 Å². The third-order valence-electron chi connectivity index (χ3n) is 7.67. The lowest BCUT2D eigenvalue weighted by Gasteiger charge is -2.44. The van der Waals surface area contributed by atoms with Crippen LogP contribution in [0.3, 0.4) is 0 Å². The predicted molar refractivity (Wildman–Crippen MR) is 160 cm³/mol. The van der Waals surface area contributed by atoms with Crippen LogP contribution in [0.4, 0.5) is 10.1 Å². The average Bonchev–Trinajstić information content (AvgIpc) is 2.88. The number of hydrogen-bond donors (Lipinski definition) is 1. The summed E-state index contributed by atoms with van der Waals surface area (Å²) >= 11 is 7.97. The van der Waals surface area contributed by atoms with Crippen molar-refractivity contribution in [1.82, 2.24) is 0 Å². The van der Waals surface area contributed by atoms with Gasteiger partial charge in [-0.1, -0.05) is 49.2 Å². The fourth-order valence-electron chi connectivity index (χ4n) is 5.84. The van der Waals surface area contributed by atoms with E-state index in [4.69, 9.17) is 17.3 Å². The van der Waals surface area contributed by atoms with E-state index in [2.05, 4.69) is 32.0 Å². The first-order chi connectivity index (χ1) is 19.0. The lowest BCUT2D eigenvalue weighted by atomic mass is 9.68. The molecule has 3 aromatic rings. The van der Waals surface area contributed by atoms with Crippen LogP contribution in [0.5, 0.6) is 0 Å². The quantitative estimate of drug-likeness (QED) is 0.312. The number of aryl methyl sites for hydroxylation is 1. The Morgan fingerprint density at radius 1 is 1.12 bits per heavy atom. The van der Waals surface area contributed by atoms with E-state index >= 15 is 0 Å². The van der Waals surface area contributed by atoms with Crippen molar-refractivity contribution in [2.24, 2.45) is 11.1 Å². The summed E-state index contributed by atoms with van der Waals surface area (Å²) in [6.07, 6.45) is 1.02. The number of Topliss-reactive ketones (excluding diaryl/α,β-unsaturated/α-hetero) is 1. The summed E-state index contributed by atoms with van der Waals surface area (Å²) in [6, 6.07) is 20.4. The summed E-state index contributed by atoms with van der Waals surface area (Å²) in [7, 11) is 0. The van der Waals surface area contributed by atoms with Crippen molar-refractivity contribution >= 4 is 34.8 Å². The largest absolute Gasteiger partial charge is 0.384 e. The molecular formula is C33H31ClFN3OS. The number of benzene rings is 3. The Hall–Kier alpha value is -3.53. The molecule has 2 aliphatic rings. The van der Waals surface area contributed by atoms with E-state index < -0.39 is 5.92 Å². The van der Waals surface area contributed by atoms with Crippen LogP contribution in [0.15, 0.2) is 88.2 Å². The molecule has 7 heteroatoms. The maximum absolute atomic E-state index is 13.9. The highest BCUT2D eigenvalue weighted by molar-refractivity contribution is 7.98. The molecule has 0 radical (unpaired) electrons. The summed E-state index contributed by atoms with van der Waals surface area (Å²) in [5, 5.41) is 11.0. The number of anilines is 1. The number of hydrogen-bond acceptors (Lipinski definition) is 5. The van der Waals surface area contributed by atoms with Gasteiger partial charge in [0.25, 0.3) is 0 Å². The van der Waals surface area contributed by atoms with E-state index in [1.165, 1.54) is 12.1 Å². The second kappa shape index (κ2) is 10.8. The second-order valence-electron chi connectivity index (χ2n) is 11.3. The number of carbonyl (C=O) groups excluding carboxylic acids is 1. The Balaban J connectivity index is 1.67. The SMILES string of the molecule is Cc1cc(CSc2ccc(F)cc2)c(C)c(C2C(C#N)=C(N)N(c3cccc(Cl)c3)C3=C2C(=O)CC(C)(C)C3)c1. The smallest absolute Gasteiger partial charge is 0.162 e. The molecule has 1 aliphatic carbocycles. The fraction of sp³-hybridized carbons (Fsp3) is 0.273. The van der Waals surface area contributed by atoms with Crippen LogP contribution in [-0.2, 0) is 10.5 Å². The van der Waals surface area contributed by atoms with Crippen molar-refractivity contribution in [2.45, 2.75) is 57.1 Å². The van der Waals surface area contributed by atoms with Gasteiger partial charge in [-0.15, -0.1) is 11.8 Å². The van der Waals surface area contributed by atoms with Gasteiger partial charge in [0, 0.05) is 39.0 Å². The molecule has 0 saturated carbocycles. The van der Waals surface area contributed by atoms with E-state index in [-0.39, 0.29) is 17.0 Å². The van der Waals surface area contributed by atoms with Crippen LogP contribution in [0.2, 0.25) is 5.02 Å².